The van der Waals surface area contributed by atoms with Crippen LogP contribution in [0.15, 0.2) is 35.5 Å². The number of pyridine rings is 1. The molecule has 0 aliphatic heterocycles. The van der Waals surface area contributed by atoms with Gasteiger partial charge in [-0.25, -0.2) is 4.98 Å². The fourth-order valence-electron chi connectivity index (χ4n) is 1.37. The standard InChI is InChI=1S/C10H7N3O3/c14-11-6-8-2-1-7-5-9(13(15)16)3-4-10(7)12-8/h1-6,14H/b11-6+. The third kappa shape index (κ3) is 1.81. The van der Waals surface area contributed by atoms with E-state index in [2.05, 4.69) is 10.1 Å². The molecule has 0 atom stereocenters. The van der Waals surface area contributed by atoms with Crippen molar-refractivity contribution in [3.63, 3.8) is 0 Å². The van der Waals surface area contributed by atoms with Crippen LogP contribution in [0.4, 0.5) is 5.69 Å². The molecule has 80 valence electrons. The molecule has 6 heteroatoms. The Morgan fingerprint density at radius 1 is 1.38 bits per heavy atom. The van der Waals surface area contributed by atoms with Crippen molar-refractivity contribution < 1.29 is 10.1 Å². The molecular weight excluding hydrogens is 210 g/mol. The van der Waals surface area contributed by atoms with E-state index < -0.39 is 4.92 Å². The topological polar surface area (TPSA) is 88.6 Å². The first-order chi connectivity index (χ1) is 7.70. The summed E-state index contributed by atoms with van der Waals surface area (Å²) in [7, 11) is 0. The van der Waals surface area contributed by atoms with Gasteiger partial charge in [0.05, 0.1) is 22.3 Å². The van der Waals surface area contributed by atoms with E-state index in [9.17, 15) is 10.1 Å². The highest BCUT2D eigenvalue weighted by atomic mass is 16.6. The first kappa shape index (κ1) is 10.0. The summed E-state index contributed by atoms with van der Waals surface area (Å²) in [5, 5.41) is 22.4. The molecule has 1 aromatic carbocycles. The van der Waals surface area contributed by atoms with E-state index in [0.29, 0.717) is 16.6 Å². The first-order valence-electron chi connectivity index (χ1n) is 4.43. The molecule has 0 saturated carbocycles. The van der Waals surface area contributed by atoms with Crippen LogP contribution in [0.3, 0.4) is 0 Å². The molecule has 2 aromatic rings. The van der Waals surface area contributed by atoms with Crippen LogP contribution in [0.2, 0.25) is 0 Å². The number of aromatic nitrogens is 1. The molecule has 0 saturated heterocycles. The van der Waals surface area contributed by atoms with Crippen molar-refractivity contribution in [3.05, 3.63) is 46.1 Å². The SMILES string of the molecule is O=[N+]([O-])c1ccc2nc(/C=N/O)ccc2c1. The van der Waals surface area contributed by atoms with E-state index in [1.54, 1.807) is 18.2 Å². The van der Waals surface area contributed by atoms with Crippen molar-refractivity contribution in [2.24, 2.45) is 5.16 Å². The first-order valence-corrected chi connectivity index (χ1v) is 4.43. The minimum absolute atomic E-state index is 0.0258. The average molecular weight is 217 g/mol. The molecule has 6 nitrogen and oxygen atoms in total. The molecule has 1 aromatic heterocycles. The second kappa shape index (κ2) is 3.93. The number of fused-ring (bicyclic) bond motifs is 1. The van der Waals surface area contributed by atoms with Gasteiger partial charge in [-0.3, -0.25) is 10.1 Å². The predicted molar refractivity (Wildman–Crippen MR) is 57.8 cm³/mol. The van der Waals surface area contributed by atoms with Gasteiger partial charge in [0.15, 0.2) is 0 Å². The average Bonchev–Trinajstić information content (AvgIpc) is 2.28. The maximum absolute atomic E-state index is 10.5. The van der Waals surface area contributed by atoms with Crippen LogP contribution in [0, 0.1) is 10.1 Å². The largest absolute Gasteiger partial charge is 0.411 e. The Kier molecular flexibility index (Phi) is 2.47. The number of hydrogen-bond donors (Lipinski definition) is 1. The van der Waals surface area contributed by atoms with Crippen molar-refractivity contribution in [1.29, 1.82) is 0 Å². The Balaban J connectivity index is 2.56. The quantitative estimate of drug-likeness (QED) is 0.360. The molecule has 0 radical (unpaired) electrons. The van der Waals surface area contributed by atoms with Gasteiger partial charge in [-0.2, -0.15) is 0 Å². The van der Waals surface area contributed by atoms with E-state index in [1.165, 1.54) is 18.3 Å². The van der Waals surface area contributed by atoms with Crippen LogP contribution in [-0.2, 0) is 0 Å². The summed E-state index contributed by atoms with van der Waals surface area (Å²) in [4.78, 5) is 14.2. The second-order valence-electron chi connectivity index (χ2n) is 3.11. The number of nitrogens with zero attached hydrogens (tertiary/aromatic N) is 3. The summed E-state index contributed by atoms with van der Waals surface area (Å²) in [6.07, 6.45) is 1.20. The molecule has 1 N–H and O–H groups in total. The van der Waals surface area contributed by atoms with Crippen molar-refractivity contribution in [2.75, 3.05) is 0 Å². The van der Waals surface area contributed by atoms with Gasteiger partial charge >= 0.3 is 0 Å². The number of hydrogen-bond acceptors (Lipinski definition) is 5. The molecule has 0 fully saturated rings. The Labute approximate surface area is 90.0 Å². The fraction of sp³-hybridized carbons (Fsp3) is 0. The van der Waals surface area contributed by atoms with E-state index in [4.69, 9.17) is 5.21 Å². The van der Waals surface area contributed by atoms with E-state index >= 15 is 0 Å². The zero-order chi connectivity index (χ0) is 11.5. The third-order valence-electron chi connectivity index (χ3n) is 2.10. The number of non-ortho nitro benzene ring substituents is 1. The molecule has 0 spiro atoms. The predicted octanol–water partition coefficient (Wildman–Crippen LogP) is 1.95. The second-order valence-corrected chi connectivity index (χ2v) is 3.11. The summed E-state index contributed by atoms with van der Waals surface area (Å²) >= 11 is 0. The van der Waals surface area contributed by atoms with Crippen molar-refractivity contribution in [2.45, 2.75) is 0 Å². The Bertz CT molecular complexity index is 581. The zero-order valence-corrected chi connectivity index (χ0v) is 8.07. The maximum Gasteiger partial charge on any atom is 0.270 e. The Morgan fingerprint density at radius 2 is 2.19 bits per heavy atom. The van der Waals surface area contributed by atoms with E-state index in [1.807, 2.05) is 0 Å². The van der Waals surface area contributed by atoms with Gasteiger partial charge in [0.25, 0.3) is 5.69 Å². The summed E-state index contributed by atoms with van der Waals surface area (Å²) in [5.41, 5.74) is 1.13. The lowest BCUT2D eigenvalue weighted by atomic mass is 10.2. The van der Waals surface area contributed by atoms with Gasteiger partial charge < -0.3 is 5.21 Å². The highest BCUT2D eigenvalue weighted by Gasteiger charge is 2.06. The van der Waals surface area contributed by atoms with Gasteiger partial charge in [-0.05, 0) is 12.1 Å². The van der Waals surface area contributed by atoms with Gasteiger partial charge in [0.2, 0.25) is 0 Å². The summed E-state index contributed by atoms with van der Waals surface area (Å²) in [6.45, 7) is 0. The van der Waals surface area contributed by atoms with Gasteiger partial charge in [0, 0.05) is 17.5 Å². The highest BCUT2D eigenvalue weighted by molar-refractivity contribution is 5.86. The molecule has 0 amide bonds. The number of rotatable bonds is 2. The van der Waals surface area contributed by atoms with Gasteiger partial charge in [-0.1, -0.05) is 11.2 Å². The molecule has 0 bridgehead atoms. The maximum atomic E-state index is 10.5. The monoisotopic (exact) mass is 217 g/mol. The number of nitro benzene ring substituents is 1. The van der Waals surface area contributed by atoms with Crippen LogP contribution in [0.1, 0.15) is 5.69 Å². The Hall–Kier alpha value is -2.50. The normalized spacial score (nSPS) is 11.0. The van der Waals surface area contributed by atoms with Crippen molar-refractivity contribution in [1.82, 2.24) is 4.98 Å². The van der Waals surface area contributed by atoms with Gasteiger partial charge in [-0.15, -0.1) is 0 Å². The fourth-order valence-corrected chi connectivity index (χ4v) is 1.37. The third-order valence-corrected chi connectivity index (χ3v) is 2.10. The lowest BCUT2D eigenvalue weighted by Crippen LogP contribution is -1.91. The minimum atomic E-state index is -0.456. The van der Waals surface area contributed by atoms with Crippen LogP contribution < -0.4 is 0 Å². The molecule has 1 heterocycles. The molecule has 0 aliphatic rings. The summed E-state index contributed by atoms with van der Waals surface area (Å²) in [5.74, 6) is 0. The number of benzene rings is 1. The lowest BCUT2D eigenvalue weighted by molar-refractivity contribution is -0.384. The Morgan fingerprint density at radius 3 is 2.88 bits per heavy atom. The minimum Gasteiger partial charge on any atom is -0.411 e. The number of nitro groups is 1. The smallest absolute Gasteiger partial charge is 0.270 e. The van der Waals surface area contributed by atoms with Gasteiger partial charge in [0.1, 0.15) is 0 Å². The summed E-state index contributed by atoms with van der Waals surface area (Å²) < 4.78 is 0. The van der Waals surface area contributed by atoms with Crippen molar-refractivity contribution in [3.8, 4) is 0 Å². The van der Waals surface area contributed by atoms with Crippen molar-refractivity contribution >= 4 is 22.8 Å². The van der Waals surface area contributed by atoms with Crippen LogP contribution in [0.25, 0.3) is 10.9 Å². The molecule has 0 aliphatic carbocycles. The molecular formula is C10H7N3O3. The molecule has 16 heavy (non-hydrogen) atoms. The lowest BCUT2D eigenvalue weighted by Gasteiger charge is -1.98. The van der Waals surface area contributed by atoms with Crippen LogP contribution in [0.5, 0.6) is 0 Å². The molecule has 0 unspecified atom stereocenters. The van der Waals surface area contributed by atoms with Crippen LogP contribution in [-0.4, -0.2) is 21.3 Å². The van der Waals surface area contributed by atoms with E-state index in [0.717, 1.165) is 0 Å². The highest BCUT2D eigenvalue weighted by Crippen LogP contribution is 2.19. The van der Waals surface area contributed by atoms with Crippen LogP contribution >= 0.6 is 0 Å². The van der Waals surface area contributed by atoms with E-state index in [-0.39, 0.29) is 5.69 Å². The number of oxime groups is 1. The zero-order valence-electron chi connectivity index (χ0n) is 8.07. The summed E-state index contributed by atoms with van der Waals surface area (Å²) in [6, 6.07) is 7.69. The molecule has 2 rings (SSSR count).